The molecule has 0 radical (unpaired) electrons. The van der Waals surface area contributed by atoms with E-state index in [0.717, 1.165) is 29.0 Å². The number of thiophene rings is 1. The lowest BCUT2D eigenvalue weighted by molar-refractivity contribution is 0.199. The minimum Gasteiger partial charge on any atom is -0.396 e. The maximum absolute atomic E-state index is 9.36. The number of nitrogens with zero attached hydrogens (tertiary/aromatic N) is 2. The highest BCUT2D eigenvalue weighted by Gasteiger charge is 2.26. The van der Waals surface area contributed by atoms with Crippen molar-refractivity contribution in [1.29, 1.82) is 0 Å². The van der Waals surface area contributed by atoms with Crippen LogP contribution >= 0.6 is 11.3 Å². The monoisotopic (exact) mass is 277 g/mol. The Morgan fingerprint density at radius 1 is 1.37 bits per heavy atom. The van der Waals surface area contributed by atoms with E-state index in [1.165, 1.54) is 18.4 Å². The molecule has 0 saturated heterocycles. The first-order valence-electron chi connectivity index (χ1n) is 6.83. The van der Waals surface area contributed by atoms with E-state index in [1.54, 1.807) is 17.7 Å². The van der Waals surface area contributed by atoms with Gasteiger partial charge in [0.25, 0.3) is 0 Å². The third kappa shape index (κ3) is 2.44. The van der Waals surface area contributed by atoms with E-state index in [9.17, 15) is 5.11 Å². The molecule has 1 aliphatic rings. The number of anilines is 1. The van der Waals surface area contributed by atoms with E-state index in [4.69, 9.17) is 0 Å². The Morgan fingerprint density at radius 2 is 2.21 bits per heavy atom. The molecule has 0 aromatic carbocycles. The summed E-state index contributed by atoms with van der Waals surface area (Å²) in [5.41, 5.74) is 2.26. The van der Waals surface area contributed by atoms with Gasteiger partial charge in [-0.25, -0.2) is 9.97 Å². The van der Waals surface area contributed by atoms with Gasteiger partial charge in [-0.3, -0.25) is 0 Å². The molecule has 2 aromatic rings. The van der Waals surface area contributed by atoms with Gasteiger partial charge < -0.3 is 10.4 Å². The Balaban J connectivity index is 1.75. The number of aliphatic hydroxyl groups is 1. The van der Waals surface area contributed by atoms with Gasteiger partial charge in [0.1, 0.15) is 12.1 Å². The van der Waals surface area contributed by atoms with Gasteiger partial charge in [-0.1, -0.05) is 6.42 Å². The molecule has 0 bridgehead atoms. The summed E-state index contributed by atoms with van der Waals surface area (Å²) in [6, 6.07) is 0. The molecule has 1 aliphatic carbocycles. The van der Waals surface area contributed by atoms with Gasteiger partial charge >= 0.3 is 0 Å². The first kappa shape index (κ1) is 12.8. The lowest BCUT2D eigenvalue weighted by Gasteiger charge is -2.18. The zero-order valence-electron chi connectivity index (χ0n) is 11.1. The van der Waals surface area contributed by atoms with E-state index in [-0.39, 0.29) is 0 Å². The average Bonchev–Trinajstić information content (AvgIpc) is 3.03. The summed E-state index contributed by atoms with van der Waals surface area (Å²) in [6.07, 6.45) is 5.22. The molecular weight excluding hydrogens is 258 g/mol. The highest BCUT2D eigenvalue weighted by molar-refractivity contribution is 7.18. The first-order chi connectivity index (χ1) is 9.29. The molecule has 1 fully saturated rings. The van der Waals surface area contributed by atoms with Crippen molar-refractivity contribution < 1.29 is 5.11 Å². The summed E-state index contributed by atoms with van der Waals surface area (Å²) in [4.78, 5) is 8.69. The minimum atomic E-state index is 0.309. The fourth-order valence-electron chi connectivity index (χ4n) is 2.95. The normalized spacial score (nSPS) is 23.1. The van der Waals surface area contributed by atoms with Gasteiger partial charge in [0.05, 0.1) is 10.2 Å². The molecular formula is C14H19N3OS. The van der Waals surface area contributed by atoms with Crippen molar-refractivity contribution in [3.05, 3.63) is 17.3 Å². The van der Waals surface area contributed by atoms with Gasteiger partial charge in [0, 0.05) is 13.2 Å². The summed E-state index contributed by atoms with van der Waals surface area (Å²) >= 11 is 1.69. The first-order valence-corrected chi connectivity index (χ1v) is 7.71. The Kier molecular flexibility index (Phi) is 3.66. The molecule has 0 spiro atoms. The summed E-state index contributed by atoms with van der Waals surface area (Å²) < 4.78 is 1.14. The standard InChI is InChI=1S/C14H19N3OS/c1-9-7-19-13-12(9)16-8-17-14(13)15-5-10-3-2-4-11(10)6-18/h7-8,10-11,18H,2-6H2,1H3,(H,15,16,17). The van der Waals surface area contributed by atoms with E-state index in [2.05, 4.69) is 27.6 Å². The molecule has 2 heterocycles. The number of nitrogens with one attached hydrogen (secondary N) is 1. The van der Waals surface area contributed by atoms with Gasteiger partial charge in [-0.2, -0.15) is 0 Å². The van der Waals surface area contributed by atoms with Crippen LogP contribution in [0.5, 0.6) is 0 Å². The maximum Gasteiger partial charge on any atom is 0.147 e. The van der Waals surface area contributed by atoms with E-state index < -0.39 is 0 Å². The van der Waals surface area contributed by atoms with E-state index >= 15 is 0 Å². The molecule has 4 nitrogen and oxygen atoms in total. The average molecular weight is 277 g/mol. The number of fused-ring (bicyclic) bond motifs is 1. The highest BCUT2D eigenvalue weighted by atomic mass is 32.1. The second kappa shape index (κ2) is 5.43. The molecule has 2 unspecified atom stereocenters. The third-order valence-corrected chi connectivity index (χ3v) is 5.21. The topological polar surface area (TPSA) is 58.0 Å². The number of aryl methyl sites for hydroxylation is 1. The Labute approximate surface area is 116 Å². The molecule has 2 aromatic heterocycles. The molecule has 102 valence electrons. The predicted molar refractivity (Wildman–Crippen MR) is 78.6 cm³/mol. The maximum atomic E-state index is 9.36. The van der Waals surface area contributed by atoms with Crippen molar-refractivity contribution in [3.63, 3.8) is 0 Å². The Bertz CT molecular complexity index is 569. The second-order valence-corrected chi connectivity index (χ2v) is 6.21. The van der Waals surface area contributed by atoms with Crippen LogP contribution < -0.4 is 5.32 Å². The van der Waals surface area contributed by atoms with E-state index in [0.29, 0.717) is 18.4 Å². The van der Waals surface area contributed by atoms with Crippen LogP contribution in [0.4, 0.5) is 5.82 Å². The third-order valence-electron chi connectivity index (χ3n) is 4.11. The zero-order chi connectivity index (χ0) is 13.2. The number of hydrogen-bond acceptors (Lipinski definition) is 5. The van der Waals surface area contributed by atoms with Crippen LogP contribution in [-0.4, -0.2) is 28.2 Å². The van der Waals surface area contributed by atoms with Crippen LogP contribution in [0.15, 0.2) is 11.7 Å². The van der Waals surface area contributed by atoms with E-state index in [1.807, 2.05) is 0 Å². The molecule has 19 heavy (non-hydrogen) atoms. The summed E-state index contributed by atoms with van der Waals surface area (Å²) in [6.45, 7) is 3.28. The molecule has 5 heteroatoms. The molecule has 1 saturated carbocycles. The molecule has 0 amide bonds. The predicted octanol–water partition coefficient (Wildman–Crippen LogP) is 2.82. The quantitative estimate of drug-likeness (QED) is 0.902. The van der Waals surface area contributed by atoms with Crippen LogP contribution in [0.3, 0.4) is 0 Å². The van der Waals surface area contributed by atoms with Crippen LogP contribution in [-0.2, 0) is 0 Å². The van der Waals surface area contributed by atoms with Crippen molar-refractivity contribution in [2.75, 3.05) is 18.5 Å². The fraction of sp³-hybridized carbons (Fsp3) is 0.571. The van der Waals surface area contributed by atoms with Gasteiger partial charge in [0.15, 0.2) is 0 Å². The van der Waals surface area contributed by atoms with Crippen LogP contribution in [0, 0.1) is 18.8 Å². The summed E-state index contributed by atoms with van der Waals surface area (Å²) in [5, 5.41) is 14.9. The number of hydrogen-bond donors (Lipinski definition) is 2. The van der Waals surface area contributed by atoms with Crippen molar-refractivity contribution in [1.82, 2.24) is 9.97 Å². The summed E-state index contributed by atoms with van der Waals surface area (Å²) in [5.74, 6) is 1.96. The SMILES string of the molecule is Cc1csc2c(NCC3CCCC3CO)ncnc12. The van der Waals surface area contributed by atoms with Crippen molar-refractivity contribution in [2.24, 2.45) is 11.8 Å². The lowest BCUT2D eigenvalue weighted by atomic mass is 9.97. The Morgan fingerprint density at radius 3 is 3.05 bits per heavy atom. The van der Waals surface area contributed by atoms with Gasteiger partial charge in [0.2, 0.25) is 0 Å². The van der Waals surface area contributed by atoms with Crippen molar-refractivity contribution in [3.8, 4) is 0 Å². The smallest absolute Gasteiger partial charge is 0.147 e. The van der Waals surface area contributed by atoms with Crippen molar-refractivity contribution >= 4 is 27.4 Å². The zero-order valence-corrected chi connectivity index (χ0v) is 11.9. The lowest BCUT2D eigenvalue weighted by Crippen LogP contribution is -2.21. The Hall–Kier alpha value is -1.20. The molecule has 2 atom stereocenters. The minimum absolute atomic E-state index is 0.309. The number of aromatic nitrogens is 2. The molecule has 3 rings (SSSR count). The molecule has 0 aliphatic heterocycles. The van der Waals surface area contributed by atoms with Crippen LogP contribution in [0.1, 0.15) is 24.8 Å². The fourth-order valence-corrected chi connectivity index (χ4v) is 3.91. The second-order valence-electron chi connectivity index (χ2n) is 5.33. The van der Waals surface area contributed by atoms with Gasteiger partial charge in [-0.15, -0.1) is 11.3 Å². The van der Waals surface area contributed by atoms with Crippen LogP contribution in [0.2, 0.25) is 0 Å². The van der Waals surface area contributed by atoms with Crippen molar-refractivity contribution in [2.45, 2.75) is 26.2 Å². The summed E-state index contributed by atoms with van der Waals surface area (Å²) in [7, 11) is 0. The number of rotatable bonds is 4. The molecule has 2 N–H and O–H groups in total. The highest BCUT2D eigenvalue weighted by Crippen LogP contribution is 2.33. The van der Waals surface area contributed by atoms with Crippen LogP contribution in [0.25, 0.3) is 10.2 Å². The van der Waals surface area contributed by atoms with Gasteiger partial charge in [-0.05, 0) is 42.5 Å². The largest absolute Gasteiger partial charge is 0.396 e. The number of aliphatic hydroxyl groups excluding tert-OH is 1.